The number of nitrogens with zero attached hydrogens (tertiary/aromatic N) is 1. The summed E-state index contributed by atoms with van der Waals surface area (Å²) in [4.78, 5) is 2.23. The number of hydrogen-bond donors (Lipinski definition) is 1. The van der Waals surface area contributed by atoms with E-state index in [4.69, 9.17) is 22.1 Å². The lowest BCUT2D eigenvalue weighted by atomic mass is 10.1. The van der Waals surface area contributed by atoms with Gasteiger partial charge in [-0.2, -0.15) is 0 Å². The molecule has 0 aromatic heterocycles. The summed E-state index contributed by atoms with van der Waals surface area (Å²) in [5.41, 5.74) is 7.02. The van der Waals surface area contributed by atoms with Crippen LogP contribution in [0.5, 0.6) is 0 Å². The summed E-state index contributed by atoms with van der Waals surface area (Å²) in [6.07, 6.45) is 0.988. The molecule has 0 heterocycles. The van der Waals surface area contributed by atoms with Gasteiger partial charge in [-0.05, 0) is 37.2 Å². The van der Waals surface area contributed by atoms with Gasteiger partial charge in [-0.15, -0.1) is 0 Å². The fourth-order valence-corrected chi connectivity index (χ4v) is 2.62. The van der Waals surface area contributed by atoms with Crippen LogP contribution >= 0.6 is 27.5 Å². The summed E-state index contributed by atoms with van der Waals surface area (Å²) in [7, 11) is 3.79. The lowest BCUT2D eigenvalue weighted by Crippen LogP contribution is -2.32. The van der Waals surface area contributed by atoms with Crippen LogP contribution in [0, 0.1) is 0 Å². The van der Waals surface area contributed by atoms with Crippen molar-refractivity contribution in [3.05, 3.63) is 33.3 Å². The molecule has 0 aliphatic rings. The molecule has 0 radical (unpaired) electrons. The molecule has 0 aliphatic heterocycles. The molecular weight excluding hydrogens is 316 g/mol. The van der Waals surface area contributed by atoms with Gasteiger partial charge in [0.15, 0.2) is 0 Å². The highest BCUT2D eigenvalue weighted by molar-refractivity contribution is 9.10. The normalized spacial score (nSPS) is 13.0. The average molecular weight is 336 g/mol. The fourth-order valence-electron chi connectivity index (χ4n) is 1.93. The number of rotatable bonds is 7. The Morgan fingerprint density at radius 1 is 1.50 bits per heavy atom. The molecule has 5 heteroatoms. The first-order valence-corrected chi connectivity index (χ1v) is 7.11. The van der Waals surface area contributed by atoms with Gasteiger partial charge in [-0.3, -0.25) is 4.90 Å². The zero-order valence-corrected chi connectivity index (χ0v) is 13.2. The average Bonchev–Trinajstić information content (AvgIpc) is 2.35. The van der Waals surface area contributed by atoms with Gasteiger partial charge in [-0.1, -0.05) is 27.5 Å². The van der Waals surface area contributed by atoms with Gasteiger partial charge < -0.3 is 10.5 Å². The summed E-state index contributed by atoms with van der Waals surface area (Å²) in [5.74, 6) is 0. The van der Waals surface area contributed by atoms with Gasteiger partial charge in [0.25, 0.3) is 0 Å². The van der Waals surface area contributed by atoms with Crippen LogP contribution in [0.3, 0.4) is 0 Å². The highest BCUT2D eigenvalue weighted by Crippen LogP contribution is 2.29. The second kappa shape index (κ2) is 8.12. The van der Waals surface area contributed by atoms with Crippen LogP contribution in [-0.2, 0) is 4.74 Å². The second-order valence-corrected chi connectivity index (χ2v) is 5.54. The smallest absolute Gasteiger partial charge is 0.0479 e. The summed E-state index contributed by atoms with van der Waals surface area (Å²) < 4.78 is 6.11. The van der Waals surface area contributed by atoms with E-state index in [1.807, 2.05) is 18.2 Å². The fraction of sp³-hybridized carbons (Fsp3) is 0.538. The SMILES string of the molecule is COCCCN(C)C(CN)c1cc(Cl)ccc1Br. The molecule has 0 saturated heterocycles. The van der Waals surface area contributed by atoms with E-state index in [1.54, 1.807) is 7.11 Å². The molecule has 1 unspecified atom stereocenters. The summed E-state index contributed by atoms with van der Waals surface area (Å²) >= 11 is 9.61. The van der Waals surface area contributed by atoms with E-state index >= 15 is 0 Å². The van der Waals surface area contributed by atoms with Crippen molar-refractivity contribution in [1.82, 2.24) is 4.90 Å². The van der Waals surface area contributed by atoms with Crippen LogP contribution in [0.15, 0.2) is 22.7 Å². The Kier molecular flexibility index (Phi) is 7.19. The standard InChI is InChI=1S/C13H20BrClN2O/c1-17(6-3-7-18-2)13(9-16)11-8-10(15)4-5-12(11)14/h4-5,8,13H,3,6-7,9,16H2,1-2H3. The topological polar surface area (TPSA) is 38.5 Å². The molecule has 0 fully saturated rings. The van der Waals surface area contributed by atoms with Gasteiger partial charge in [-0.25, -0.2) is 0 Å². The first kappa shape index (κ1) is 15.9. The molecule has 0 bridgehead atoms. The van der Waals surface area contributed by atoms with Crippen molar-refractivity contribution in [3.8, 4) is 0 Å². The zero-order chi connectivity index (χ0) is 13.5. The van der Waals surface area contributed by atoms with E-state index in [0.717, 1.165) is 34.6 Å². The van der Waals surface area contributed by atoms with E-state index in [0.29, 0.717) is 6.54 Å². The molecule has 1 rings (SSSR count). The maximum absolute atomic E-state index is 6.05. The largest absolute Gasteiger partial charge is 0.385 e. The molecule has 18 heavy (non-hydrogen) atoms. The molecule has 1 aromatic rings. The molecule has 0 aliphatic carbocycles. The van der Waals surface area contributed by atoms with Gasteiger partial charge in [0.05, 0.1) is 0 Å². The highest BCUT2D eigenvalue weighted by Gasteiger charge is 2.18. The minimum atomic E-state index is 0.162. The van der Waals surface area contributed by atoms with Crippen molar-refractivity contribution in [1.29, 1.82) is 0 Å². The first-order valence-electron chi connectivity index (χ1n) is 5.94. The molecule has 0 saturated carbocycles. The number of methoxy groups -OCH3 is 1. The van der Waals surface area contributed by atoms with Gasteiger partial charge in [0.2, 0.25) is 0 Å². The molecule has 3 nitrogen and oxygen atoms in total. The highest BCUT2D eigenvalue weighted by atomic mass is 79.9. The maximum atomic E-state index is 6.05. The number of nitrogens with two attached hydrogens (primary N) is 1. The van der Waals surface area contributed by atoms with Crippen molar-refractivity contribution in [2.75, 3.05) is 33.9 Å². The van der Waals surface area contributed by atoms with Gasteiger partial charge in [0.1, 0.15) is 0 Å². The molecule has 2 N–H and O–H groups in total. The van der Waals surface area contributed by atoms with Crippen molar-refractivity contribution in [3.63, 3.8) is 0 Å². The predicted octanol–water partition coefficient (Wildman–Crippen LogP) is 3.07. The molecule has 1 aromatic carbocycles. The van der Waals surface area contributed by atoms with E-state index in [-0.39, 0.29) is 6.04 Å². The van der Waals surface area contributed by atoms with Crippen LogP contribution in [0.2, 0.25) is 5.02 Å². The zero-order valence-electron chi connectivity index (χ0n) is 10.8. The van der Waals surface area contributed by atoms with Crippen molar-refractivity contribution >= 4 is 27.5 Å². The molecular formula is C13H20BrClN2O. The molecule has 102 valence electrons. The second-order valence-electron chi connectivity index (χ2n) is 4.24. The summed E-state index contributed by atoms with van der Waals surface area (Å²) in [6, 6.07) is 5.96. The third-order valence-corrected chi connectivity index (χ3v) is 3.89. The Bertz CT molecular complexity index is 376. The Labute approximate surface area is 122 Å². The number of ether oxygens (including phenoxy) is 1. The van der Waals surface area contributed by atoms with E-state index in [1.165, 1.54) is 0 Å². The van der Waals surface area contributed by atoms with Crippen LogP contribution in [0.25, 0.3) is 0 Å². The molecule has 1 atom stereocenters. The van der Waals surface area contributed by atoms with E-state index < -0.39 is 0 Å². The molecule has 0 spiro atoms. The van der Waals surface area contributed by atoms with Crippen molar-refractivity contribution < 1.29 is 4.74 Å². The number of likely N-dealkylation sites (N-methyl/N-ethyl adjacent to an activating group) is 1. The minimum absolute atomic E-state index is 0.162. The summed E-state index contributed by atoms with van der Waals surface area (Å²) in [6.45, 7) is 2.26. The number of hydrogen-bond acceptors (Lipinski definition) is 3. The lowest BCUT2D eigenvalue weighted by molar-refractivity contribution is 0.166. The van der Waals surface area contributed by atoms with Crippen LogP contribution in [0.1, 0.15) is 18.0 Å². The van der Waals surface area contributed by atoms with Crippen LogP contribution in [0.4, 0.5) is 0 Å². The van der Waals surface area contributed by atoms with E-state index in [2.05, 4.69) is 27.9 Å². The van der Waals surface area contributed by atoms with Gasteiger partial charge >= 0.3 is 0 Å². The van der Waals surface area contributed by atoms with E-state index in [9.17, 15) is 0 Å². The van der Waals surface area contributed by atoms with Gasteiger partial charge in [0, 0.05) is 42.3 Å². The Hall–Kier alpha value is -0.130. The van der Waals surface area contributed by atoms with Crippen LogP contribution < -0.4 is 5.73 Å². The maximum Gasteiger partial charge on any atom is 0.0479 e. The predicted molar refractivity (Wildman–Crippen MR) is 80.1 cm³/mol. The number of halogens is 2. The monoisotopic (exact) mass is 334 g/mol. The number of benzene rings is 1. The Morgan fingerprint density at radius 3 is 2.83 bits per heavy atom. The van der Waals surface area contributed by atoms with Crippen LogP contribution in [-0.4, -0.2) is 38.8 Å². The third-order valence-electron chi connectivity index (χ3n) is 2.93. The van der Waals surface area contributed by atoms with Crippen molar-refractivity contribution in [2.24, 2.45) is 5.73 Å². The quantitative estimate of drug-likeness (QED) is 0.778. The molecule has 0 amide bonds. The Balaban J connectivity index is 2.78. The Morgan fingerprint density at radius 2 is 2.22 bits per heavy atom. The van der Waals surface area contributed by atoms with Crippen molar-refractivity contribution in [2.45, 2.75) is 12.5 Å². The third kappa shape index (κ3) is 4.52. The summed E-state index contributed by atoms with van der Waals surface area (Å²) in [5, 5.41) is 0.733. The first-order chi connectivity index (χ1) is 8.60. The lowest BCUT2D eigenvalue weighted by Gasteiger charge is -2.28. The minimum Gasteiger partial charge on any atom is -0.385 e.